The van der Waals surface area contributed by atoms with Gasteiger partial charge in [0.25, 0.3) is 0 Å². The van der Waals surface area contributed by atoms with Crippen molar-refractivity contribution in [3.05, 3.63) is 65.5 Å². The third-order valence-electron chi connectivity index (χ3n) is 3.42. The van der Waals surface area contributed by atoms with Gasteiger partial charge in [-0.15, -0.1) is 0 Å². The summed E-state index contributed by atoms with van der Waals surface area (Å²) in [6.45, 7) is 6.08. The fourth-order valence-corrected chi connectivity index (χ4v) is 2.19. The molecule has 1 N–H and O–H groups in total. The molecule has 0 fully saturated rings. The molecule has 114 valence electrons. The van der Waals surface area contributed by atoms with Gasteiger partial charge in [-0.25, -0.2) is 0 Å². The van der Waals surface area contributed by atoms with Crippen molar-refractivity contribution in [3.63, 3.8) is 0 Å². The lowest BCUT2D eigenvalue weighted by atomic mass is 9.99. The highest BCUT2D eigenvalue weighted by Gasteiger charge is 2.12. The summed E-state index contributed by atoms with van der Waals surface area (Å²) in [5, 5.41) is 0. The molecule has 0 unspecified atom stereocenters. The van der Waals surface area contributed by atoms with Gasteiger partial charge in [-0.3, -0.25) is 9.78 Å². The van der Waals surface area contributed by atoms with E-state index < -0.39 is 0 Å². The largest absolute Gasteiger partial charge is 0.379 e. The van der Waals surface area contributed by atoms with Crippen LogP contribution in [0.25, 0.3) is 5.57 Å². The van der Waals surface area contributed by atoms with Crippen LogP contribution < -0.4 is 10.3 Å². The third-order valence-corrected chi connectivity index (χ3v) is 3.42. The maximum atomic E-state index is 12.2. The molecule has 2 aromatic rings. The van der Waals surface area contributed by atoms with E-state index in [4.69, 9.17) is 4.84 Å². The number of aryl methyl sites for hydroxylation is 1. The van der Waals surface area contributed by atoms with Crippen molar-refractivity contribution in [2.24, 2.45) is 0 Å². The predicted molar refractivity (Wildman–Crippen MR) is 87.5 cm³/mol. The van der Waals surface area contributed by atoms with Gasteiger partial charge < -0.3 is 4.84 Å². The Balaban J connectivity index is 2.15. The molecule has 4 nitrogen and oxygen atoms in total. The van der Waals surface area contributed by atoms with Crippen LogP contribution in [-0.4, -0.2) is 10.9 Å². The molecule has 0 saturated carbocycles. The van der Waals surface area contributed by atoms with E-state index in [1.165, 1.54) is 5.57 Å². The van der Waals surface area contributed by atoms with Crippen molar-refractivity contribution in [3.8, 4) is 5.75 Å². The lowest BCUT2D eigenvalue weighted by Crippen LogP contribution is -2.27. The van der Waals surface area contributed by atoms with Crippen LogP contribution in [0, 0.1) is 6.92 Å². The first-order chi connectivity index (χ1) is 10.7. The molecule has 0 aliphatic heterocycles. The second kappa shape index (κ2) is 7.41. The second-order valence-corrected chi connectivity index (χ2v) is 4.90. The molecule has 22 heavy (non-hydrogen) atoms. The molecule has 0 bridgehead atoms. The van der Waals surface area contributed by atoms with Crippen LogP contribution in [0.15, 0.2) is 48.7 Å². The number of para-hydroxylation sites is 1. The number of amides is 1. The van der Waals surface area contributed by atoms with E-state index in [9.17, 15) is 4.79 Å². The zero-order chi connectivity index (χ0) is 15.9. The molecule has 4 heteroatoms. The van der Waals surface area contributed by atoms with Crippen LogP contribution in [-0.2, 0) is 0 Å². The summed E-state index contributed by atoms with van der Waals surface area (Å²) in [4.78, 5) is 21.6. The van der Waals surface area contributed by atoms with Crippen LogP contribution in [0.1, 0.15) is 41.9 Å². The fourth-order valence-electron chi connectivity index (χ4n) is 2.19. The Morgan fingerprint density at radius 2 is 2.05 bits per heavy atom. The molecule has 0 atom stereocenters. The van der Waals surface area contributed by atoms with Gasteiger partial charge in [0, 0.05) is 6.20 Å². The number of rotatable bonds is 5. The molecule has 1 heterocycles. The first-order valence-corrected chi connectivity index (χ1v) is 7.30. The molecule has 0 radical (unpaired) electrons. The van der Waals surface area contributed by atoms with Crippen LogP contribution in [0.4, 0.5) is 0 Å². The van der Waals surface area contributed by atoms with E-state index in [0.717, 1.165) is 17.5 Å². The Bertz CT molecular complexity index is 679. The summed E-state index contributed by atoms with van der Waals surface area (Å²) in [6, 6.07) is 10.9. The summed E-state index contributed by atoms with van der Waals surface area (Å²) < 4.78 is 0. The number of hydroxylamine groups is 1. The number of nitrogens with one attached hydrogen (secondary N) is 1. The molecular formula is C18H20N2O2. The first-order valence-electron chi connectivity index (χ1n) is 7.30. The van der Waals surface area contributed by atoms with E-state index in [1.54, 1.807) is 24.4 Å². The Kier molecular flexibility index (Phi) is 5.31. The number of aromatic nitrogens is 1. The van der Waals surface area contributed by atoms with Crippen molar-refractivity contribution < 1.29 is 9.63 Å². The van der Waals surface area contributed by atoms with Crippen LogP contribution in [0.2, 0.25) is 0 Å². The van der Waals surface area contributed by atoms with Gasteiger partial charge in [-0.05, 0) is 55.2 Å². The van der Waals surface area contributed by atoms with Crippen molar-refractivity contribution in [2.45, 2.75) is 27.2 Å². The summed E-state index contributed by atoms with van der Waals surface area (Å²) >= 11 is 0. The Labute approximate surface area is 130 Å². The van der Waals surface area contributed by atoms with E-state index in [2.05, 4.69) is 23.5 Å². The molecule has 0 spiro atoms. The maximum Gasteiger partial charge on any atom is 0.302 e. The van der Waals surface area contributed by atoms with Crippen molar-refractivity contribution in [1.82, 2.24) is 10.5 Å². The Morgan fingerprint density at radius 3 is 2.68 bits per heavy atom. The molecular weight excluding hydrogens is 276 g/mol. The summed E-state index contributed by atoms with van der Waals surface area (Å²) in [7, 11) is 0. The third kappa shape index (κ3) is 3.73. The average molecular weight is 296 g/mol. The minimum Gasteiger partial charge on any atom is -0.379 e. The average Bonchev–Trinajstić information content (AvgIpc) is 2.56. The number of benzene rings is 1. The fraction of sp³-hybridized carbons (Fsp3) is 0.222. The molecule has 1 aromatic carbocycles. The van der Waals surface area contributed by atoms with Crippen LogP contribution >= 0.6 is 0 Å². The zero-order valence-electron chi connectivity index (χ0n) is 13.1. The number of carbonyl (C=O) groups is 1. The van der Waals surface area contributed by atoms with Gasteiger partial charge in [0.1, 0.15) is 5.69 Å². The molecule has 0 aliphatic rings. The molecule has 1 aromatic heterocycles. The van der Waals surface area contributed by atoms with Gasteiger partial charge >= 0.3 is 5.91 Å². The van der Waals surface area contributed by atoms with Gasteiger partial charge in [0.05, 0.1) is 0 Å². The number of nitrogens with zero attached hydrogens (tertiary/aromatic N) is 1. The SMILES string of the molecule is C/C=C(/CC)c1cc(C(=O)NOc2ccccc2)ncc1C. The van der Waals surface area contributed by atoms with Gasteiger partial charge in [-0.1, -0.05) is 31.2 Å². The monoisotopic (exact) mass is 296 g/mol. The quantitative estimate of drug-likeness (QED) is 0.851. The molecule has 1 amide bonds. The molecule has 0 saturated heterocycles. The van der Waals surface area contributed by atoms with E-state index >= 15 is 0 Å². The van der Waals surface area contributed by atoms with E-state index in [-0.39, 0.29) is 5.91 Å². The molecule has 0 aliphatic carbocycles. The number of pyridine rings is 1. The smallest absolute Gasteiger partial charge is 0.302 e. The summed E-state index contributed by atoms with van der Waals surface area (Å²) in [6.07, 6.45) is 4.68. The lowest BCUT2D eigenvalue weighted by Gasteiger charge is -2.11. The Morgan fingerprint density at radius 1 is 1.32 bits per heavy atom. The maximum absolute atomic E-state index is 12.2. The predicted octanol–water partition coefficient (Wildman–Crippen LogP) is 3.93. The highest BCUT2D eigenvalue weighted by atomic mass is 16.7. The van der Waals surface area contributed by atoms with Crippen LogP contribution in [0.3, 0.4) is 0 Å². The van der Waals surface area contributed by atoms with Gasteiger partial charge in [0.15, 0.2) is 5.75 Å². The van der Waals surface area contributed by atoms with Crippen molar-refractivity contribution in [1.29, 1.82) is 0 Å². The number of allylic oxidation sites excluding steroid dienone is 2. The van der Waals surface area contributed by atoms with E-state index in [0.29, 0.717) is 11.4 Å². The number of hydrogen-bond acceptors (Lipinski definition) is 3. The minimum absolute atomic E-state index is 0.337. The standard InChI is InChI=1S/C18H20N2O2/c1-4-14(5-2)16-11-17(19-12-13(16)3)18(21)20-22-15-9-7-6-8-10-15/h4,6-12H,5H2,1-3H3,(H,20,21)/b14-4-. The zero-order valence-corrected chi connectivity index (χ0v) is 13.1. The van der Waals surface area contributed by atoms with E-state index in [1.807, 2.05) is 32.0 Å². The topological polar surface area (TPSA) is 51.2 Å². The number of carbonyl (C=O) groups excluding carboxylic acids is 1. The number of hydrogen-bond donors (Lipinski definition) is 1. The van der Waals surface area contributed by atoms with Crippen LogP contribution in [0.5, 0.6) is 5.75 Å². The highest BCUT2D eigenvalue weighted by molar-refractivity contribution is 5.92. The first kappa shape index (κ1) is 15.8. The summed E-state index contributed by atoms with van der Waals surface area (Å²) in [5.41, 5.74) is 6.04. The second-order valence-electron chi connectivity index (χ2n) is 4.90. The van der Waals surface area contributed by atoms with Gasteiger partial charge in [0.2, 0.25) is 0 Å². The Hall–Kier alpha value is -2.62. The van der Waals surface area contributed by atoms with Crippen molar-refractivity contribution >= 4 is 11.5 Å². The van der Waals surface area contributed by atoms with Crippen molar-refractivity contribution in [2.75, 3.05) is 0 Å². The van der Waals surface area contributed by atoms with Gasteiger partial charge in [-0.2, -0.15) is 5.48 Å². The highest BCUT2D eigenvalue weighted by Crippen LogP contribution is 2.22. The molecule has 2 rings (SSSR count). The minimum atomic E-state index is -0.364. The summed E-state index contributed by atoms with van der Waals surface area (Å²) in [5.74, 6) is 0.211. The normalized spacial score (nSPS) is 11.1. The lowest BCUT2D eigenvalue weighted by molar-refractivity contribution is 0.0754.